The minimum Gasteiger partial charge on any atom is -0.496 e. The van der Waals surface area contributed by atoms with Gasteiger partial charge < -0.3 is 10.1 Å². The molecule has 2 saturated carbocycles. The second-order valence-electron chi connectivity index (χ2n) is 7.33. The minimum absolute atomic E-state index is 0.289. The van der Waals surface area contributed by atoms with Crippen molar-refractivity contribution in [3.8, 4) is 5.75 Å². The molecule has 1 N–H and O–H groups in total. The molecule has 2 aliphatic rings. The summed E-state index contributed by atoms with van der Waals surface area (Å²) in [4.78, 5) is 0. The zero-order valence-electron chi connectivity index (χ0n) is 13.8. The quantitative estimate of drug-likeness (QED) is 0.876. The topological polar surface area (TPSA) is 21.3 Å². The zero-order valence-corrected chi connectivity index (χ0v) is 13.8. The first kappa shape index (κ1) is 14.9. The van der Waals surface area contributed by atoms with Crippen LogP contribution in [0.25, 0.3) is 0 Å². The van der Waals surface area contributed by atoms with E-state index in [4.69, 9.17) is 4.74 Å². The van der Waals surface area contributed by atoms with Gasteiger partial charge in [0.25, 0.3) is 0 Å². The van der Waals surface area contributed by atoms with Crippen LogP contribution in [0.1, 0.15) is 56.6 Å². The Morgan fingerprint density at radius 2 is 1.90 bits per heavy atom. The van der Waals surface area contributed by atoms with Crippen LogP contribution in [0.4, 0.5) is 0 Å². The molecule has 0 heterocycles. The summed E-state index contributed by atoms with van der Waals surface area (Å²) in [5.74, 6) is 1.08. The number of ether oxygens (including phenoxy) is 1. The van der Waals surface area contributed by atoms with E-state index in [1.807, 2.05) is 0 Å². The lowest BCUT2D eigenvalue weighted by atomic mass is 9.49. The lowest BCUT2D eigenvalue weighted by Crippen LogP contribution is -2.54. The lowest BCUT2D eigenvalue weighted by Gasteiger charge is -2.56. The summed E-state index contributed by atoms with van der Waals surface area (Å²) in [5.41, 5.74) is 3.71. The average Bonchev–Trinajstić information content (AvgIpc) is 2.93. The highest BCUT2D eigenvalue weighted by Crippen LogP contribution is 2.63. The van der Waals surface area contributed by atoms with Crippen molar-refractivity contribution in [2.45, 2.75) is 57.8 Å². The fourth-order valence-electron chi connectivity index (χ4n) is 4.87. The van der Waals surface area contributed by atoms with Crippen LogP contribution in [0.3, 0.4) is 0 Å². The van der Waals surface area contributed by atoms with Gasteiger partial charge in [0.15, 0.2) is 0 Å². The van der Waals surface area contributed by atoms with E-state index in [-0.39, 0.29) is 5.41 Å². The normalized spacial score (nSPS) is 22.2. The summed E-state index contributed by atoms with van der Waals surface area (Å²) in [6.45, 7) is 6.52. The molecule has 3 rings (SSSR count). The van der Waals surface area contributed by atoms with Crippen LogP contribution in [0.5, 0.6) is 5.75 Å². The number of hydrogen-bond acceptors (Lipinski definition) is 2. The third-order valence-corrected chi connectivity index (χ3v) is 5.73. The van der Waals surface area contributed by atoms with E-state index < -0.39 is 0 Å². The second-order valence-corrected chi connectivity index (χ2v) is 7.33. The molecule has 0 atom stereocenters. The van der Waals surface area contributed by atoms with E-state index in [1.54, 1.807) is 7.11 Å². The van der Waals surface area contributed by atoms with Crippen LogP contribution in [0.2, 0.25) is 0 Å². The first-order valence-electron chi connectivity index (χ1n) is 8.49. The van der Waals surface area contributed by atoms with Crippen molar-refractivity contribution in [2.75, 3.05) is 20.2 Å². The van der Waals surface area contributed by atoms with Gasteiger partial charge in [0.1, 0.15) is 5.75 Å². The Bertz CT molecular complexity index is 494. The van der Waals surface area contributed by atoms with Gasteiger partial charge in [-0.05, 0) is 50.6 Å². The largest absolute Gasteiger partial charge is 0.496 e. The van der Waals surface area contributed by atoms with Crippen LogP contribution in [0.15, 0.2) is 18.2 Å². The first-order chi connectivity index (χ1) is 10.1. The molecule has 0 unspecified atom stereocenters. The molecule has 21 heavy (non-hydrogen) atoms. The molecule has 0 aliphatic heterocycles. The van der Waals surface area contributed by atoms with Crippen molar-refractivity contribution >= 4 is 0 Å². The highest BCUT2D eigenvalue weighted by molar-refractivity contribution is 5.45. The van der Waals surface area contributed by atoms with Crippen LogP contribution in [-0.4, -0.2) is 20.2 Å². The van der Waals surface area contributed by atoms with Crippen molar-refractivity contribution in [1.82, 2.24) is 5.32 Å². The molecule has 2 aliphatic carbocycles. The summed E-state index contributed by atoms with van der Waals surface area (Å²) in [7, 11) is 1.80. The van der Waals surface area contributed by atoms with Gasteiger partial charge >= 0.3 is 0 Å². The van der Waals surface area contributed by atoms with Gasteiger partial charge in [0.2, 0.25) is 0 Å². The number of benzene rings is 1. The van der Waals surface area contributed by atoms with Crippen molar-refractivity contribution < 1.29 is 4.74 Å². The molecule has 1 spiro atoms. The maximum absolute atomic E-state index is 5.69. The van der Waals surface area contributed by atoms with Crippen molar-refractivity contribution in [2.24, 2.45) is 5.41 Å². The Balaban J connectivity index is 1.91. The van der Waals surface area contributed by atoms with Crippen molar-refractivity contribution in [1.29, 1.82) is 0 Å². The smallest absolute Gasteiger partial charge is 0.122 e. The number of rotatable bonds is 5. The Hall–Kier alpha value is -1.02. The molecular formula is C19H29NO. The molecule has 1 aromatic rings. The van der Waals surface area contributed by atoms with E-state index in [1.165, 1.54) is 49.7 Å². The summed E-state index contributed by atoms with van der Waals surface area (Å²) < 4.78 is 5.69. The van der Waals surface area contributed by atoms with Crippen LogP contribution in [-0.2, 0) is 5.41 Å². The number of likely N-dealkylation sites (N-methyl/N-ethyl adjacent to an activating group) is 1. The molecule has 0 bridgehead atoms. The predicted molar refractivity (Wildman–Crippen MR) is 88.1 cm³/mol. The summed E-state index contributed by atoms with van der Waals surface area (Å²) in [5, 5.41) is 3.61. The second kappa shape index (κ2) is 5.64. The van der Waals surface area contributed by atoms with Crippen molar-refractivity contribution in [3.05, 3.63) is 29.3 Å². The van der Waals surface area contributed by atoms with Gasteiger partial charge in [-0.15, -0.1) is 0 Å². The Morgan fingerprint density at radius 3 is 2.52 bits per heavy atom. The van der Waals surface area contributed by atoms with Gasteiger partial charge in [-0.3, -0.25) is 0 Å². The van der Waals surface area contributed by atoms with Gasteiger partial charge in [-0.1, -0.05) is 37.5 Å². The zero-order chi connectivity index (χ0) is 14.9. The van der Waals surface area contributed by atoms with E-state index >= 15 is 0 Å². The molecule has 2 heteroatoms. The highest BCUT2D eigenvalue weighted by atomic mass is 16.5. The van der Waals surface area contributed by atoms with Crippen molar-refractivity contribution in [3.63, 3.8) is 0 Å². The van der Waals surface area contributed by atoms with E-state index in [0.29, 0.717) is 5.41 Å². The van der Waals surface area contributed by atoms with E-state index in [0.717, 1.165) is 18.8 Å². The third kappa shape index (κ3) is 2.59. The van der Waals surface area contributed by atoms with Crippen LogP contribution >= 0.6 is 0 Å². The molecule has 0 radical (unpaired) electrons. The fraction of sp³-hybridized carbons (Fsp3) is 0.684. The molecule has 0 aromatic heterocycles. The number of aryl methyl sites for hydroxylation is 1. The number of nitrogens with one attached hydrogen (secondary N) is 1. The SMILES string of the molecule is CCNCC1(c2cc(C)ccc2OC)CC2(CCCC2)C1. The van der Waals surface area contributed by atoms with E-state index in [9.17, 15) is 0 Å². The van der Waals surface area contributed by atoms with Crippen LogP contribution in [0, 0.1) is 12.3 Å². The molecule has 1 aromatic carbocycles. The third-order valence-electron chi connectivity index (χ3n) is 5.73. The molecule has 0 saturated heterocycles. The average molecular weight is 287 g/mol. The fourth-order valence-corrected chi connectivity index (χ4v) is 4.87. The Kier molecular flexibility index (Phi) is 4.00. The van der Waals surface area contributed by atoms with E-state index in [2.05, 4.69) is 37.4 Å². The molecule has 2 nitrogen and oxygen atoms in total. The summed E-state index contributed by atoms with van der Waals surface area (Å²) in [6.07, 6.45) is 8.42. The lowest BCUT2D eigenvalue weighted by molar-refractivity contribution is 0.0258. The predicted octanol–water partition coefficient (Wildman–Crippen LogP) is 4.21. The van der Waals surface area contributed by atoms with Gasteiger partial charge in [0.05, 0.1) is 7.11 Å². The first-order valence-corrected chi connectivity index (χ1v) is 8.49. The van der Waals surface area contributed by atoms with Gasteiger partial charge in [-0.2, -0.15) is 0 Å². The number of hydrogen-bond donors (Lipinski definition) is 1. The van der Waals surface area contributed by atoms with Gasteiger partial charge in [-0.25, -0.2) is 0 Å². The number of methoxy groups -OCH3 is 1. The highest BCUT2D eigenvalue weighted by Gasteiger charge is 2.56. The Morgan fingerprint density at radius 1 is 1.19 bits per heavy atom. The Labute approximate surface area is 129 Å². The molecule has 116 valence electrons. The summed E-state index contributed by atoms with van der Waals surface area (Å²) in [6, 6.07) is 6.67. The maximum Gasteiger partial charge on any atom is 0.122 e. The van der Waals surface area contributed by atoms with Gasteiger partial charge in [0, 0.05) is 17.5 Å². The summed E-state index contributed by atoms with van der Waals surface area (Å²) >= 11 is 0. The maximum atomic E-state index is 5.69. The minimum atomic E-state index is 0.289. The monoisotopic (exact) mass is 287 g/mol. The standard InChI is InChI=1S/C19H29NO/c1-4-20-14-19(12-18(13-19)9-5-6-10-18)16-11-15(2)7-8-17(16)21-3/h7-8,11,20H,4-6,9-10,12-14H2,1-3H3. The molecule has 2 fully saturated rings. The molecule has 0 amide bonds. The molecular weight excluding hydrogens is 258 g/mol. The van der Waals surface area contributed by atoms with Crippen LogP contribution < -0.4 is 10.1 Å².